The summed E-state index contributed by atoms with van der Waals surface area (Å²) in [6, 6.07) is 13.3. The van der Waals surface area contributed by atoms with Gasteiger partial charge < -0.3 is 10.2 Å². The summed E-state index contributed by atoms with van der Waals surface area (Å²) in [7, 11) is 0. The van der Waals surface area contributed by atoms with Gasteiger partial charge in [0.05, 0.1) is 10.7 Å². The number of carbonyl (C=O) groups excluding carboxylic acids is 1. The fourth-order valence-corrected chi connectivity index (χ4v) is 3.76. The van der Waals surface area contributed by atoms with Crippen LogP contribution in [-0.2, 0) is 6.54 Å². The largest absolute Gasteiger partial charge is 0.322 e. The topological polar surface area (TPSA) is 35.6 Å². The van der Waals surface area contributed by atoms with Gasteiger partial charge in [-0.2, -0.15) is 0 Å². The first-order valence-corrected chi connectivity index (χ1v) is 9.96. The van der Waals surface area contributed by atoms with Crippen molar-refractivity contribution in [2.24, 2.45) is 0 Å². The second kappa shape index (κ2) is 8.54. The minimum atomic E-state index is -0.101. The van der Waals surface area contributed by atoms with Crippen LogP contribution in [0.25, 0.3) is 0 Å². The highest BCUT2D eigenvalue weighted by atomic mass is 79.9. The van der Waals surface area contributed by atoms with E-state index in [4.69, 9.17) is 11.6 Å². The number of halogens is 3. The van der Waals surface area contributed by atoms with Gasteiger partial charge in [-0.3, -0.25) is 4.90 Å². The molecule has 2 aromatic carbocycles. The number of para-hydroxylation sites is 1. The van der Waals surface area contributed by atoms with Crippen molar-refractivity contribution in [2.45, 2.75) is 6.54 Å². The number of nitrogens with one attached hydrogen (secondary N) is 1. The number of urea groups is 1. The molecule has 2 aromatic rings. The van der Waals surface area contributed by atoms with Gasteiger partial charge in [0.2, 0.25) is 0 Å². The number of anilines is 1. The highest BCUT2D eigenvalue weighted by Gasteiger charge is 2.22. The number of hydrogen-bond donors (Lipinski definition) is 1. The van der Waals surface area contributed by atoms with E-state index in [1.54, 1.807) is 12.1 Å². The molecule has 7 heteroatoms. The third kappa shape index (κ3) is 4.76. The van der Waals surface area contributed by atoms with Crippen LogP contribution in [0.2, 0.25) is 5.02 Å². The third-order valence-electron chi connectivity index (χ3n) is 4.20. The molecule has 3 rings (SSSR count). The normalized spacial score (nSPS) is 15.2. The highest BCUT2D eigenvalue weighted by molar-refractivity contribution is 9.13. The van der Waals surface area contributed by atoms with Gasteiger partial charge in [0, 0.05) is 41.7 Å². The molecule has 0 unspecified atom stereocenters. The van der Waals surface area contributed by atoms with Crippen LogP contribution in [0, 0.1) is 0 Å². The number of amides is 2. The summed E-state index contributed by atoms with van der Waals surface area (Å²) in [5, 5.41) is 3.43. The quantitative estimate of drug-likeness (QED) is 0.645. The van der Waals surface area contributed by atoms with Gasteiger partial charge >= 0.3 is 6.03 Å². The maximum atomic E-state index is 12.4. The lowest BCUT2D eigenvalue weighted by molar-refractivity contribution is 0.143. The molecule has 25 heavy (non-hydrogen) atoms. The van der Waals surface area contributed by atoms with E-state index in [0.717, 1.165) is 28.6 Å². The molecule has 0 atom stereocenters. The Kier molecular flexibility index (Phi) is 6.39. The predicted molar refractivity (Wildman–Crippen MR) is 109 cm³/mol. The lowest BCUT2D eigenvalue weighted by Gasteiger charge is -2.35. The van der Waals surface area contributed by atoms with E-state index < -0.39 is 0 Å². The summed E-state index contributed by atoms with van der Waals surface area (Å²) in [6.07, 6.45) is 0. The number of benzene rings is 2. The summed E-state index contributed by atoms with van der Waals surface area (Å²) < 4.78 is 2.15. The van der Waals surface area contributed by atoms with E-state index in [2.05, 4.69) is 48.1 Å². The number of rotatable bonds is 3. The van der Waals surface area contributed by atoms with Crippen molar-refractivity contribution in [1.82, 2.24) is 9.80 Å². The molecule has 1 saturated heterocycles. The van der Waals surface area contributed by atoms with Gasteiger partial charge in [0.1, 0.15) is 0 Å². The van der Waals surface area contributed by atoms with Crippen LogP contribution < -0.4 is 5.32 Å². The Morgan fingerprint density at radius 1 is 1.04 bits per heavy atom. The average molecular weight is 488 g/mol. The van der Waals surface area contributed by atoms with Crippen molar-refractivity contribution in [3.05, 3.63) is 62.0 Å². The average Bonchev–Trinajstić information content (AvgIpc) is 2.61. The molecule has 132 valence electrons. The molecule has 0 spiro atoms. The first kappa shape index (κ1) is 18.7. The van der Waals surface area contributed by atoms with Crippen LogP contribution in [0.4, 0.5) is 10.5 Å². The van der Waals surface area contributed by atoms with Crippen LogP contribution in [0.1, 0.15) is 5.56 Å². The molecule has 4 nitrogen and oxygen atoms in total. The lowest BCUT2D eigenvalue weighted by atomic mass is 10.2. The van der Waals surface area contributed by atoms with Crippen LogP contribution in [0.3, 0.4) is 0 Å². The zero-order valence-corrected chi connectivity index (χ0v) is 17.4. The van der Waals surface area contributed by atoms with Gasteiger partial charge in [-0.1, -0.05) is 35.9 Å². The van der Waals surface area contributed by atoms with Gasteiger partial charge in [-0.15, -0.1) is 0 Å². The maximum Gasteiger partial charge on any atom is 0.321 e. The first-order chi connectivity index (χ1) is 12.0. The number of carbonyl (C=O) groups is 1. The Hall–Kier alpha value is -1.08. The molecule has 0 bridgehead atoms. The zero-order valence-electron chi connectivity index (χ0n) is 13.5. The van der Waals surface area contributed by atoms with E-state index in [1.807, 2.05) is 29.2 Å². The predicted octanol–water partition coefficient (Wildman–Crippen LogP) is 5.21. The van der Waals surface area contributed by atoms with Crippen LogP contribution in [0.5, 0.6) is 0 Å². The monoisotopic (exact) mass is 485 g/mol. The molecule has 1 fully saturated rings. The van der Waals surface area contributed by atoms with Crippen molar-refractivity contribution in [3.8, 4) is 0 Å². The lowest BCUT2D eigenvalue weighted by Crippen LogP contribution is -2.49. The fraction of sp³-hybridized carbons (Fsp3) is 0.278. The summed E-state index contributed by atoms with van der Waals surface area (Å²) >= 11 is 13.3. The highest BCUT2D eigenvalue weighted by Crippen LogP contribution is 2.28. The summed E-state index contributed by atoms with van der Waals surface area (Å²) in [5.74, 6) is 0. The Balaban J connectivity index is 1.54. The molecule has 1 heterocycles. The molecule has 1 N–H and O–H groups in total. The van der Waals surface area contributed by atoms with Crippen LogP contribution in [-0.4, -0.2) is 42.0 Å². The molecule has 0 aromatic heterocycles. The molecule has 1 aliphatic heterocycles. The van der Waals surface area contributed by atoms with E-state index in [9.17, 15) is 4.79 Å². The zero-order chi connectivity index (χ0) is 17.8. The van der Waals surface area contributed by atoms with Gasteiger partial charge in [0.15, 0.2) is 0 Å². The molecule has 0 radical (unpaired) electrons. The Labute approximate surface area is 169 Å². The SMILES string of the molecule is O=C(Nc1ccccc1Cl)N1CCN(Cc2cccc(Br)c2Br)CC1. The second-order valence-corrected chi connectivity index (χ2v) is 7.94. The molecule has 1 aliphatic rings. The third-order valence-corrected chi connectivity index (χ3v) is 6.66. The number of nitrogens with zero attached hydrogens (tertiary/aromatic N) is 2. The van der Waals surface area contributed by atoms with Crippen LogP contribution >= 0.6 is 43.5 Å². The van der Waals surface area contributed by atoms with Crippen molar-refractivity contribution in [2.75, 3.05) is 31.5 Å². The van der Waals surface area contributed by atoms with Gasteiger partial charge in [-0.25, -0.2) is 4.79 Å². The Bertz CT molecular complexity index is 764. The van der Waals surface area contributed by atoms with E-state index in [-0.39, 0.29) is 6.03 Å². The minimum absolute atomic E-state index is 0.101. The van der Waals surface area contributed by atoms with Gasteiger partial charge in [-0.05, 0) is 55.6 Å². The molecule has 0 saturated carbocycles. The number of hydrogen-bond acceptors (Lipinski definition) is 2. The number of piperazine rings is 1. The smallest absolute Gasteiger partial charge is 0.321 e. The van der Waals surface area contributed by atoms with E-state index >= 15 is 0 Å². The minimum Gasteiger partial charge on any atom is -0.322 e. The molecule has 0 aliphatic carbocycles. The summed E-state index contributed by atoms with van der Waals surface area (Å²) in [4.78, 5) is 16.6. The standard InChI is InChI=1S/C18H18Br2ClN3O/c19-14-5-3-4-13(17(14)20)12-23-8-10-24(11-9-23)18(25)22-16-7-2-1-6-15(16)21/h1-7H,8-12H2,(H,22,25). The summed E-state index contributed by atoms with van der Waals surface area (Å²) in [5.41, 5.74) is 1.89. The van der Waals surface area contributed by atoms with Crippen LogP contribution in [0.15, 0.2) is 51.4 Å². The van der Waals surface area contributed by atoms with Gasteiger partial charge in [0.25, 0.3) is 0 Å². The van der Waals surface area contributed by atoms with E-state index in [1.165, 1.54) is 5.56 Å². The maximum absolute atomic E-state index is 12.4. The fourth-order valence-electron chi connectivity index (χ4n) is 2.78. The van der Waals surface area contributed by atoms with Crippen molar-refractivity contribution < 1.29 is 4.79 Å². The van der Waals surface area contributed by atoms with Crippen molar-refractivity contribution >= 4 is 55.2 Å². The summed E-state index contributed by atoms with van der Waals surface area (Å²) in [6.45, 7) is 3.94. The van der Waals surface area contributed by atoms with E-state index in [0.29, 0.717) is 23.8 Å². The first-order valence-electron chi connectivity index (χ1n) is 8.00. The Morgan fingerprint density at radius 2 is 1.76 bits per heavy atom. The molecular weight excluding hydrogens is 469 g/mol. The molecule has 2 amide bonds. The molecular formula is C18H18Br2ClN3O. The van der Waals surface area contributed by atoms with Crippen molar-refractivity contribution in [3.63, 3.8) is 0 Å². The van der Waals surface area contributed by atoms with Crippen molar-refractivity contribution in [1.29, 1.82) is 0 Å². The second-order valence-electron chi connectivity index (χ2n) is 5.89. The Morgan fingerprint density at radius 3 is 2.48 bits per heavy atom.